The van der Waals surface area contributed by atoms with Crippen LogP contribution in [0.4, 0.5) is 0 Å². The number of nitrogens with zero attached hydrogens (tertiary/aromatic N) is 1. The number of hydrogen-bond acceptors (Lipinski definition) is 4. The summed E-state index contributed by atoms with van der Waals surface area (Å²) in [4.78, 5) is 5.88. The molecule has 3 rings (SSSR count). The van der Waals surface area contributed by atoms with Crippen LogP contribution >= 0.6 is 22.9 Å². The Bertz CT molecular complexity index is 606. The van der Waals surface area contributed by atoms with Gasteiger partial charge in [0.05, 0.1) is 23.8 Å². The van der Waals surface area contributed by atoms with Crippen LogP contribution in [0.15, 0.2) is 24.3 Å². The lowest BCUT2D eigenvalue weighted by Gasteiger charge is -2.22. The molecule has 0 radical (unpaired) electrons. The monoisotopic (exact) mass is 336 g/mol. The summed E-state index contributed by atoms with van der Waals surface area (Å²) in [6, 6.07) is 7.83. The molecule has 1 aromatic heterocycles. The molecule has 0 bridgehead atoms. The van der Waals surface area contributed by atoms with E-state index in [2.05, 4.69) is 17.2 Å². The van der Waals surface area contributed by atoms with E-state index in [1.54, 1.807) is 11.3 Å². The lowest BCUT2D eigenvalue weighted by Crippen LogP contribution is -2.32. The lowest BCUT2D eigenvalue weighted by atomic mass is 10.0. The van der Waals surface area contributed by atoms with Gasteiger partial charge in [0.2, 0.25) is 0 Å². The topological polar surface area (TPSA) is 34.1 Å². The predicted octanol–water partition coefficient (Wildman–Crippen LogP) is 4.29. The van der Waals surface area contributed by atoms with E-state index in [-0.39, 0.29) is 0 Å². The summed E-state index contributed by atoms with van der Waals surface area (Å²) in [7, 11) is 0. The lowest BCUT2D eigenvalue weighted by molar-refractivity contribution is 0.0795. The molecule has 0 saturated carbocycles. The van der Waals surface area contributed by atoms with E-state index >= 15 is 0 Å². The van der Waals surface area contributed by atoms with Crippen LogP contribution in [-0.4, -0.2) is 24.7 Å². The molecule has 3 nitrogen and oxygen atoms in total. The Labute approximate surface area is 140 Å². The smallest absolute Gasteiger partial charge is 0.123 e. The molecule has 0 amide bonds. The van der Waals surface area contributed by atoms with Crippen molar-refractivity contribution >= 4 is 22.9 Å². The van der Waals surface area contributed by atoms with E-state index < -0.39 is 0 Å². The van der Waals surface area contributed by atoms with Crippen molar-refractivity contribution in [2.24, 2.45) is 5.92 Å². The zero-order valence-corrected chi connectivity index (χ0v) is 14.3. The van der Waals surface area contributed by atoms with Gasteiger partial charge < -0.3 is 10.1 Å². The van der Waals surface area contributed by atoms with E-state index in [1.807, 2.05) is 24.3 Å². The predicted molar refractivity (Wildman–Crippen MR) is 92.5 cm³/mol. The molecule has 0 aliphatic carbocycles. The average Bonchev–Trinajstić information content (AvgIpc) is 2.90. The molecular formula is C17H21ClN2OS. The van der Waals surface area contributed by atoms with E-state index in [0.29, 0.717) is 12.5 Å². The van der Waals surface area contributed by atoms with Crippen LogP contribution in [-0.2, 0) is 11.3 Å². The zero-order valence-electron chi connectivity index (χ0n) is 12.8. The summed E-state index contributed by atoms with van der Waals surface area (Å²) in [6.07, 6.45) is 2.53. The van der Waals surface area contributed by atoms with Gasteiger partial charge in [-0.3, -0.25) is 0 Å². The van der Waals surface area contributed by atoms with Crippen LogP contribution in [0.1, 0.15) is 23.4 Å². The van der Waals surface area contributed by atoms with Crippen LogP contribution in [0.3, 0.4) is 0 Å². The van der Waals surface area contributed by atoms with Crippen LogP contribution in [0.25, 0.3) is 10.6 Å². The highest BCUT2D eigenvalue weighted by atomic mass is 35.5. The third-order valence-electron chi connectivity index (χ3n) is 3.97. The fourth-order valence-electron chi connectivity index (χ4n) is 2.66. The Morgan fingerprint density at radius 1 is 1.36 bits per heavy atom. The fraction of sp³-hybridized carbons (Fsp3) is 0.471. The van der Waals surface area contributed by atoms with E-state index in [9.17, 15) is 0 Å². The number of aryl methyl sites for hydroxylation is 1. The second-order valence-corrected chi connectivity index (χ2v) is 7.28. The molecule has 5 heteroatoms. The molecule has 1 atom stereocenters. The first-order valence-electron chi connectivity index (χ1n) is 7.73. The third kappa shape index (κ3) is 4.07. The molecule has 1 aliphatic heterocycles. The first-order valence-corrected chi connectivity index (χ1v) is 8.92. The summed E-state index contributed by atoms with van der Waals surface area (Å²) in [5, 5.41) is 5.21. The Morgan fingerprint density at radius 2 is 2.18 bits per heavy atom. The van der Waals surface area contributed by atoms with Crippen LogP contribution in [0.2, 0.25) is 5.02 Å². The minimum Gasteiger partial charge on any atom is -0.376 e. The highest BCUT2D eigenvalue weighted by molar-refractivity contribution is 7.15. The highest BCUT2D eigenvalue weighted by Gasteiger charge is 2.14. The largest absolute Gasteiger partial charge is 0.376 e. The molecule has 118 valence electrons. The normalized spacial score (nSPS) is 18.5. The molecule has 2 heterocycles. The molecule has 1 unspecified atom stereocenters. The van der Waals surface area contributed by atoms with Gasteiger partial charge >= 0.3 is 0 Å². The fourth-order valence-corrected chi connectivity index (χ4v) is 3.79. The summed E-state index contributed by atoms with van der Waals surface area (Å²) in [5.41, 5.74) is 2.18. The van der Waals surface area contributed by atoms with Gasteiger partial charge in [-0.25, -0.2) is 4.98 Å². The van der Waals surface area contributed by atoms with Gasteiger partial charge in [0.15, 0.2) is 0 Å². The summed E-state index contributed by atoms with van der Waals surface area (Å²) < 4.78 is 5.92. The number of hydrogen-bond donors (Lipinski definition) is 1. The molecule has 0 spiro atoms. The second-order valence-electron chi connectivity index (χ2n) is 5.76. The summed E-state index contributed by atoms with van der Waals surface area (Å²) in [6.45, 7) is 5.78. The van der Waals surface area contributed by atoms with Gasteiger partial charge in [-0.2, -0.15) is 0 Å². The molecule has 22 heavy (non-hydrogen) atoms. The van der Waals surface area contributed by atoms with Gasteiger partial charge in [0, 0.05) is 17.1 Å². The molecule has 1 saturated heterocycles. The number of halogens is 1. The summed E-state index contributed by atoms with van der Waals surface area (Å²) >= 11 is 7.65. The van der Waals surface area contributed by atoms with E-state index in [0.717, 1.165) is 41.0 Å². The number of nitrogens with one attached hydrogen (secondary N) is 1. The molecular weight excluding hydrogens is 316 g/mol. The summed E-state index contributed by atoms with van der Waals surface area (Å²) in [5.74, 6) is 0.651. The maximum atomic E-state index is 5.94. The number of ether oxygens (including phenoxy) is 1. The maximum absolute atomic E-state index is 5.94. The minimum absolute atomic E-state index is 0.651. The van der Waals surface area contributed by atoms with Gasteiger partial charge in [0.1, 0.15) is 5.01 Å². The van der Waals surface area contributed by atoms with Crippen molar-refractivity contribution in [3.05, 3.63) is 39.9 Å². The van der Waals surface area contributed by atoms with Crippen molar-refractivity contribution in [2.45, 2.75) is 26.4 Å². The van der Waals surface area contributed by atoms with Crippen molar-refractivity contribution in [3.63, 3.8) is 0 Å². The number of thiazole rings is 1. The molecule has 1 aliphatic rings. The molecule has 1 aromatic carbocycles. The number of piperidine rings is 1. The third-order valence-corrected chi connectivity index (χ3v) is 5.40. The zero-order chi connectivity index (χ0) is 15.4. The van der Waals surface area contributed by atoms with E-state index in [4.69, 9.17) is 16.3 Å². The quantitative estimate of drug-likeness (QED) is 0.884. The first kappa shape index (κ1) is 15.9. The minimum atomic E-state index is 0.651. The van der Waals surface area contributed by atoms with Gasteiger partial charge in [-0.05, 0) is 44.4 Å². The molecule has 1 fully saturated rings. The Hall–Kier alpha value is -0.940. The van der Waals surface area contributed by atoms with Gasteiger partial charge in [0.25, 0.3) is 0 Å². The SMILES string of the molecule is Cc1nc(-c2ccc(Cl)cc2)sc1COCC1CCCNC1. The number of rotatable bonds is 5. The first-order chi connectivity index (χ1) is 10.7. The van der Waals surface area contributed by atoms with Crippen LogP contribution in [0.5, 0.6) is 0 Å². The van der Waals surface area contributed by atoms with E-state index in [1.165, 1.54) is 17.7 Å². The van der Waals surface area contributed by atoms with Crippen molar-refractivity contribution in [3.8, 4) is 10.6 Å². The molecule has 1 N–H and O–H groups in total. The van der Waals surface area contributed by atoms with Crippen molar-refractivity contribution in [1.82, 2.24) is 10.3 Å². The standard InChI is InChI=1S/C17H21ClN2OS/c1-12-16(11-21-10-13-3-2-8-19-9-13)22-17(20-12)14-4-6-15(18)7-5-14/h4-7,13,19H,2-3,8-11H2,1H3. The Morgan fingerprint density at radius 3 is 2.91 bits per heavy atom. The van der Waals surface area contributed by atoms with Crippen molar-refractivity contribution < 1.29 is 4.74 Å². The van der Waals surface area contributed by atoms with Crippen LogP contribution < -0.4 is 5.32 Å². The Balaban J connectivity index is 1.58. The average molecular weight is 337 g/mol. The van der Waals surface area contributed by atoms with Crippen LogP contribution in [0, 0.1) is 12.8 Å². The van der Waals surface area contributed by atoms with Crippen molar-refractivity contribution in [1.29, 1.82) is 0 Å². The number of benzene rings is 1. The highest BCUT2D eigenvalue weighted by Crippen LogP contribution is 2.29. The van der Waals surface area contributed by atoms with Crippen molar-refractivity contribution in [2.75, 3.05) is 19.7 Å². The number of aromatic nitrogens is 1. The maximum Gasteiger partial charge on any atom is 0.123 e. The Kier molecular flexibility index (Phi) is 5.47. The molecule has 2 aromatic rings. The van der Waals surface area contributed by atoms with Gasteiger partial charge in [-0.1, -0.05) is 23.7 Å². The second kappa shape index (κ2) is 7.55. The van der Waals surface area contributed by atoms with Gasteiger partial charge in [-0.15, -0.1) is 11.3 Å².